The summed E-state index contributed by atoms with van der Waals surface area (Å²) in [5, 5.41) is 2.35. The Balaban J connectivity index is 1.35. The monoisotopic (exact) mass is 470 g/mol. The van der Waals surface area contributed by atoms with Crippen LogP contribution in [0.15, 0.2) is 48.5 Å². The van der Waals surface area contributed by atoms with E-state index in [2.05, 4.69) is 22.0 Å². The van der Waals surface area contributed by atoms with Crippen LogP contribution in [-0.4, -0.2) is 51.4 Å². The molecule has 3 amide bonds. The smallest absolute Gasteiger partial charge is 0.255 e. The van der Waals surface area contributed by atoms with E-state index in [1.54, 1.807) is 4.90 Å². The van der Waals surface area contributed by atoms with E-state index in [-0.39, 0.29) is 18.2 Å². The maximum atomic E-state index is 13.1. The van der Waals surface area contributed by atoms with Gasteiger partial charge < -0.3 is 14.2 Å². The first-order valence-corrected chi connectivity index (χ1v) is 12.0. The summed E-state index contributed by atoms with van der Waals surface area (Å²) in [6.45, 7) is 1.87. The molecule has 0 saturated carbocycles. The first kappa shape index (κ1) is 21.7. The van der Waals surface area contributed by atoms with Gasteiger partial charge in [-0.05, 0) is 30.5 Å². The van der Waals surface area contributed by atoms with Gasteiger partial charge in [0.1, 0.15) is 11.9 Å². The summed E-state index contributed by atoms with van der Waals surface area (Å²) < 4.78 is 7.52. The number of hydrogen-bond acceptors (Lipinski definition) is 5. The van der Waals surface area contributed by atoms with E-state index in [1.165, 1.54) is 0 Å². The zero-order valence-corrected chi connectivity index (χ0v) is 19.5. The van der Waals surface area contributed by atoms with Gasteiger partial charge in [-0.2, -0.15) is 0 Å². The Morgan fingerprint density at radius 2 is 1.86 bits per heavy atom. The van der Waals surface area contributed by atoms with Crippen LogP contribution in [0.1, 0.15) is 34.5 Å². The zero-order chi connectivity index (χ0) is 24.1. The summed E-state index contributed by atoms with van der Waals surface area (Å²) in [6, 6.07) is 15.4. The lowest BCUT2D eigenvalue weighted by molar-refractivity contribution is -0.136. The first-order valence-electron chi connectivity index (χ1n) is 12.0. The number of aromatic nitrogens is 2. The van der Waals surface area contributed by atoms with Crippen molar-refractivity contribution in [2.24, 2.45) is 13.0 Å². The summed E-state index contributed by atoms with van der Waals surface area (Å²) >= 11 is 0. The van der Waals surface area contributed by atoms with Crippen molar-refractivity contribution in [3.05, 3.63) is 65.4 Å². The molecule has 1 atom stereocenters. The molecule has 35 heavy (non-hydrogen) atoms. The van der Waals surface area contributed by atoms with Crippen LogP contribution in [0.2, 0.25) is 0 Å². The molecule has 1 unspecified atom stereocenters. The van der Waals surface area contributed by atoms with E-state index in [1.807, 2.05) is 43.4 Å². The number of nitrogens with one attached hydrogen (secondary N) is 1. The van der Waals surface area contributed by atoms with Crippen LogP contribution in [-0.2, 0) is 34.3 Å². The number of ether oxygens (including phenoxy) is 1. The second-order valence-corrected chi connectivity index (χ2v) is 9.54. The molecule has 2 saturated heterocycles. The van der Waals surface area contributed by atoms with Crippen molar-refractivity contribution in [1.82, 2.24) is 19.8 Å². The third kappa shape index (κ3) is 3.74. The van der Waals surface area contributed by atoms with Crippen molar-refractivity contribution >= 4 is 17.7 Å². The Hall–Kier alpha value is -3.78. The molecule has 2 fully saturated rings. The number of piperidine rings is 1. The Bertz CT molecular complexity index is 1340. The van der Waals surface area contributed by atoms with E-state index in [0.29, 0.717) is 24.4 Å². The molecule has 1 N–H and O–H groups in total. The molecule has 3 aromatic rings. The number of imide groups is 1. The molecule has 178 valence electrons. The minimum atomic E-state index is -0.620. The van der Waals surface area contributed by atoms with Crippen molar-refractivity contribution in [3.8, 4) is 22.6 Å². The van der Waals surface area contributed by atoms with Gasteiger partial charge in [0.15, 0.2) is 0 Å². The van der Waals surface area contributed by atoms with Gasteiger partial charge in [0, 0.05) is 42.6 Å². The summed E-state index contributed by atoms with van der Waals surface area (Å²) in [4.78, 5) is 43.6. The fraction of sp³-hybridized carbons (Fsp3) is 0.333. The Morgan fingerprint density at radius 1 is 1.06 bits per heavy atom. The van der Waals surface area contributed by atoms with Crippen LogP contribution in [0, 0.1) is 5.92 Å². The average molecular weight is 471 g/mol. The molecule has 2 aromatic carbocycles. The molecule has 8 nitrogen and oxygen atoms in total. The standard InChI is InChI=1S/C27H26N4O4/c1-30-24(17-5-3-2-4-6-17)21(11-16-14-35-15-16)28-25(30)18-7-8-20-19(12-18)13-31(27(20)34)22-9-10-23(32)29-26(22)33/h2-8,12,16,22H,9-11,13-15H2,1H3,(H,29,32,33). The fourth-order valence-corrected chi connectivity index (χ4v) is 5.30. The molecular weight excluding hydrogens is 444 g/mol. The van der Waals surface area contributed by atoms with Crippen LogP contribution in [0.3, 0.4) is 0 Å². The molecule has 3 aliphatic rings. The Morgan fingerprint density at radius 3 is 2.57 bits per heavy atom. The number of carbonyl (C=O) groups is 3. The van der Waals surface area contributed by atoms with Gasteiger partial charge in [-0.25, -0.2) is 4.98 Å². The van der Waals surface area contributed by atoms with Gasteiger partial charge in [-0.1, -0.05) is 36.4 Å². The molecule has 4 heterocycles. The van der Waals surface area contributed by atoms with Crippen LogP contribution < -0.4 is 5.32 Å². The number of fused-ring (bicyclic) bond motifs is 1. The predicted octanol–water partition coefficient (Wildman–Crippen LogP) is 2.70. The van der Waals surface area contributed by atoms with Crippen LogP contribution >= 0.6 is 0 Å². The zero-order valence-electron chi connectivity index (χ0n) is 19.5. The van der Waals surface area contributed by atoms with E-state index in [9.17, 15) is 14.4 Å². The first-order chi connectivity index (χ1) is 17.0. The number of rotatable bonds is 5. The van der Waals surface area contributed by atoms with Crippen LogP contribution in [0.4, 0.5) is 0 Å². The molecule has 1 aromatic heterocycles. The third-order valence-electron chi connectivity index (χ3n) is 7.19. The quantitative estimate of drug-likeness (QED) is 0.579. The SMILES string of the molecule is Cn1c(-c2ccc3c(c2)CN(C2CCC(=O)NC2=O)C3=O)nc(CC2COC2)c1-c1ccccc1. The normalized spacial score (nSPS) is 20.1. The lowest BCUT2D eigenvalue weighted by Crippen LogP contribution is -2.52. The van der Waals surface area contributed by atoms with E-state index in [0.717, 1.165) is 53.5 Å². The molecule has 0 spiro atoms. The van der Waals surface area contributed by atoms with Crippen molar-refractivity contribution in [3.63, 3.8) is 0 Å². The molecular formula is C27H26N4O4. The van der Waals surface area contributed by atoms with Crippen molar-refractivity contribution < 1.29 is 19.1 Å². The highest BCUT2D eigenvalue weighted by molar-refractivity contribution is 6.05. The molecule has 6 rings (SSSR count). The summed E-state index contributed by atoms with van der Waals surface area (Å²) in [5.74, 6) is 0.458. The number of amides is 3. The Kier molecular flexibility index (Phi) is 5.25. The lowest BCUT2D eigenvalue weighted by Gasteiger charge is -2.29. The molecule has 0 aliphatic carbocycles. The molecule has 0 radical (unpaired) electrons. The second kappa shape index (κ2) is 8.46. The van der Waals surface area contributed by atoms with Crippen molar-refractivity contribution in [2.75, 3.05) is 13.2 Å². The van der Waals surface area contributed by atoms with E-state index in [4.69, 9.17) is 9.72 Å². The maximum absolute atomic E-state index is 13.1. The van der Waals surface area contributed by atoms with Gasteiger partial charge in [0.25, 0.3) is 5.91 Å². The third-order valence-corrected chi connectivity index (χ3v) is 7.19. The van der Waals surface area contributed by atoms with Gasteiger partial charge in [-0.3, -0.25) is 19.7 Å². The summed E-state index contributed by atoms with van der Waals surface area (Å²) in [5.41, 5.74) is 5.65. The Labute approximate surface area is 202 Å². The highest BCUT2D eigenvalue weighted by atomic mass is 16.5. The second-order valence-electron chi connectivity index (χ2n) is 9.54. The predicted molar refractivity (Wildman–Crippen MR) is 128 cm³/mol. The number of benzene rings is 2. The molecule has 0 bridgehead atoms. The highest BCUT2D eigenvalue weighted by Gasteiger charge is 2.39. The van der Waals surface area contributed by atoms with Gasteiger partial charge in [-0.15, -0.1) is 0 Å². The number of carbonyl (C=O) groups excluding carboxylic acids is 3. The maximum Gasteiger partial charge on any atom is 0.255 e. The average Bonchev–Trinajstić information content (AvgIpc) is 3.33. The summed E-state index contributed by atoms with van der Waals surface area (Å²) in [6.07, 6.45) is 1.45. The van der Waals surface area contributed by atoms with Gasteiger partial charge >= 0.3 is 0 Å². The minimum Gasteiger partial charge on any atom is -0.381 e. The lowest BCUT2D eigenvalue weighted by atomic mass is 9.98. The molecule has 3 aliphatic heterocycles. The summed E-state index contributed by atoms with van der Waals surface area (Å²) in [7, 11) is 2.03. The van der Waals surface area contributed by atoms with Gasteiger partial charge in [0.2, 0.25) is 11.8 Å². The van der Waals surface area contributed by atoms with Crippen LogP contribution in [0.5, 0.6) is 0 Å². The molecule has 8 heteroatoms. The largest absolute Gasteiger partial charge is 0.381 e. The van der Waals surface area contributed by atoms with E-state index >= 15 is 0 Å². The number of imidazole rings is 1. The number of nitrogens with zero attached hydrogens (tertiary/aromatic N) is 3. The van der Waals surface area contributed by atoms with Crippen LogP contribution in [0.25, 0.3) is 22.6 Å². The fourth-order valence-electron chi connectivity index (χ4n) is 5.30. The topological polar surface area (TPSA) is 93.5 Å². The van der Waals surface area contributed by atoms with Crippen molar-refractivity contribution in [1.29, 1.82) is 0 Å². The van der Waals surface area contributed by atoms with Crippen molar-refractivity contribution in [2.45, 2.75) is 31.8 Å². The highest BCUT2D eigenvalue weighted by Crippen LogP contribution is 2.34. The minimum absolute atomic E-state index is 0.170. The van der Waals surface area contributed by atoms with E-state index < -0.39 is 11.9 Å². The number of hydrogen-bond donors (Lipinski definition) is 1. The van der Waals surface area contributed by atoms with Gasteiger partial charge in [0.05, 0.1) is 24.6 Å².